The third-order valence-corrected chi connectivity index (χ3v) is 4.32. The number of carbonyl (C=O) groups excluding carboxylic acids is 3. The topological polar surface area (TPSA) is 57.7 Å². The number of rotatable bonds is 1. The lowest BCUT2D eigenvalue weighted by atomic mass is 9.98. The lowest BCUT2D eigenvalue weighted by molar-refractivity contribution is -0.140. The van der Waals surface area contributed by atoms with E-state index in [0.717, 1.165) is 12.8 Å². The molecule has 92 valence electrons. The van der Waals surface area contributed by atoms with E-state index in [1.807, 2.05) is 0 Å². The van der Waals surface area contributed by atoms with Crippen molar-refractivity contribution >= 4 is 17.6 Å². The van der Waals surface area contributed by atoms with Gasteiger partial charge in [-0.1, -0.05) is 0 Å². The molecular formula is C12H16N2O3. The van der Waals surface area contributed by atoms with Gasteiger partial charge < -0.3 is 0 Å². The Bertz CT molecular complexity index is 391. The number of likely N-dealkylation sites (N-methyl/N-ethyl adjacent to an activating group) is 1. The minimum Gasteiger partial charge on any atom is -0.300 e. The fourth-order valence-corrected chi connectivity index (χ4v) is 3.48. The van der Waals surface area contributed by atoms with Crippen molar-refractivity contribution in [1.29, 1.82) is 0 Å². The molecule has 3 fully saturated rings. The Kier molecular flexibility index (Phi) is 2.33. The van der Waals surface area contributed by atoms with Gasteiger partial charge in [-0.3, -0.25) is 24.2 Å². The highest BCUT2D eigenvalue weighted by molar-refractivity contribution is 6.05. The Morgan fingerprint density at radius 2 is 1.59 bits per heavy atom. The molecule has 3 rings (SSSR count). The van der Waals surface area contributed by atoms with Gasteiger partial charge in [-0.15, -0.1) is 0 Å². The molecule has 3 aliphatic heterocycles. The molecule has 3 atom stereocenters. The summed E-state index contributed by atoms with van der Waals surface area (Å²) in [4.78, 5) is 38.4. The molecule has 3 unspecified atom stereocenters. The van der Waals surface area contributed by atoms with Gasteiger partial charge in [0.25, 0.3) is 0 Å². The first-order valence-electron chi connectivity index (χ1n) is 6.17. The van der Waals surface area contributed by atoms with Crippen LogP contribution in [-0.2, 0) is 14.4 Å². The summed E-state index contributed by atoms with van der Waals surface area (Å²) in [5.74, 6) is 0.108. The molecule has 3 saturated heterocycles. The number of carbonyl (C=O) groups is 3. The summed E-state index contributed by atoms with van der Waals surface area (Å²) in [6.45, 7) is 0. The predicted molar refractivity (Wildman–Crippen MR) is 59.1 cm³/mol. The van der Waals surface area contributed by atoms with Crippen LogP contribution in [0.1, 0.15) is 32.1 Å². The Balaban J connectivity index is 1.84. The second-order valence-electron chi connectivity index (χ2n) is 5.29. The number of Topliss-reactive ketones (excluding diaryl/α,β-unsaturated/α-hetero) is 1. The first-order valence-corrected chi connectivity index (χ1v) is 6.17. The molecule has 5 heteroatoms. The number of piperidine rings is 1. The highest BCUT2D eigenvalue weighted by atomic mass is 16.2. The number of ketones is 1. The number of likely N-dealkylation sites (tertiary alicyclic amines) is 1. The molecule has 5 nitrogen and oxygen atoms in total. The normalized spacial score (nSPS) is 38.3. The van der Waals surface area contributed by atoms with E-state index in [-0.39, 0.29) is 36.4 Å². The van der Waals surface area contributed by atoms with E-state index in [2.05, 4.69) is 4.90 Å². The van der Waals surface area contributed by atoms with Gasteiger partial charge in [0.2, 0.25) is 11.8 Å². The maximum atomic E-state index is 12.0. The lowest BCUT2D eigenvalue weighted by Gasteiger charge is -2.37. The van der Waals surface area contributed by atoms with Crippen LogP contribution in [0.15, 0.2) is 0 Å². The number of hydrogen-bond acceptors (Lipinski definition) is 4. The third kappa shape index (κ3) is 1.52. The van der Waals surface area contributed by atoms with Crippen LogP contribution in [0, 0.1) is 0 Å². The van der Waals surface area contributed by atoms with Crippen molar-refractivity contribution < 1.29 is 14.4 Å². The van der Waals surface area contributed by atoms with E-state index < -0.39 is 0 Å². The first-order chi connectivity index (χ1) is 8.08. The van der Waals surface area contributed by atoms with Crippen molar-refractivity contribution in [3.63, 3.8) is 0 Å². The van der Waals surface area contributed by atoms with Crippen LogP contribution in [-0.4, -0.2) is 52.6 Å². The standard InChI is InChI=1S/C12H16N2O3/c1-13-11(16)6-10(12(13)17)14-7-2-3-8(14)5-9(15)4-7/h7-8,10H,2-6H2,1H3. The lowest BCUT2D eigenvalue weighted by Crippen LogP contribution is -2.51. The summed E-state index contributed by atoms with van der Waals surface area (Å²) in [5.41, 5.74) is 0. The highest BCUT2D eigenvalue weighted by Gasteiger charge is 2.49. The van der Waals surface area contributed by atoms with E-state index in [1.54, 1.807) is 7.05 Å². The summed E-state index contributed by atoms with van der Waals surface area (Å²) < 4.78 is 0. The smallest absolute Gasteiger partial charge is 0.246 e. The molecule has 0 aliphatic carbocycles. The predicted octanol–water partition coefficient (Wildman–Crippen LogP) is -0.0604. The van der Waals surface area contributed by atoms with E-state index in [9.17, 15) is 14.4 Å². The zero-order valence-corrected chi connectivity index (χ0v) is 9.89. The molecule has 0 saturated carbocycles. The van der Waals surface area contributed by atoms with Crippen molar-refractivity contribution in [1.82, 2.24) is 9.80 Å². The molecule has 0 aromatic rings. The van der Waals surface area contributed by atoms with E-state index in [0.29, 0.717) is 18.6 Å². The summed E-state index contributed by atoms with van der Waals surface area (Å²) in [5, 5.41) is 0. The van der Waals surface area contributed by atoms with Crippen molar-refractivity contribution in [2.45, 2.75) is 50.2 Å². The van der Waals surface area contributed by atoms with Gasteiger partial charge in [0, 0.05) is 32.0 Å². The fourth-order valence-electron chi connectivity index (χ4n) is 3.48. The van der Waals surface area contributed by atoms with Gasteiger partial charge in [0.1, 0.15) is 5.78 Å². The average molecular weight is 236 g/mol. The first kappa shape index (κ1) is 10.9. The fraction of sp³-hybridized carbons (Fsp3) is 0.750. The summed E-state index contributed by atoms with van der Waals surface area (Å²) >= 11 is 0. The van der Waals surface area contributed by atoms with E-state index in [1.165, 1.54) is 4.90 Å². The van der Waals surface area contributed by atoms with Gasteiger partial charge in [0.05, 0.1) is 12.5 Å². The molecule has 3 aliphatic rings. The Hall–Kier alpha value is -1.23. The average Bonchev–Trinajstić information content (AvgIpc) is 2.68. The van der Waals surface area contributed by atoms with Crippen LogP contribution in [0.25, 0.3) is 0 Å². The molecular weight excluding hydrogens is 220 g/mol. The molecule has 3 heterocycles. The summed E-state index contributed by atoms with van der Waals surface area (Å²) in [6.07, 6.45) is 3.36. The van der Waals surface area contributed by atoms with Crippen LogP contribution in [0.5, 0.6) is 0 Å². The van der Waals surface area contributed by atoms with Crippen LogP contribution < -0.4 is 0 Å². The van der Waals surface area contributed by atoms with Gasteiger partial charge in [-0.05, 0) is 12.8 Å². The Labute approximate surface area is 99.7 Å². The largest absolute Gasteiger partial charge is 0.300 e. The highest BCUT2D eigenvalue weighted by Crippen LogP contribution is 2.37. The van der Waals surface area contributed by atoms with Gasteiger partial charge in [-0.2, -0.15) is 0 Å². The minimum absolute atomic E-state index is 0.0961. The SMILES string of the molecule is CN1C(=O)CC(N2C3CCC2CC(=O)C3)C1=O. The summed E-state index contributed by atoms with van der Waals surface area (Å²) in [7, 11) is 1.54. The molecule has 0 aromatic carbocycles. The Morgan fingerprint density at radius 3 is 2.06 bits per heavy atom. The number of nitrogens with zero attached hydrogens (tertiary/aromatic N) is 2. The van der Waals surface area contributed by atoms with Crippen LogP contribution >= 0.6 is 0 Å². The second-order valence-corrected chi connectivity index (χ2v) is 5.29. The molecule has 0 aromatic heterocycles. The monoisotopic (exact) mass is 236 g/mol. The van der Waals surface area contributed by atoms with E-state index >= 15 is 0 Å². The van der Waals surface area contributed by atoms with Crippen LogP contribution in [0.3, 0.4) is 0 Å². The third-order valence-electron chi connectivity index (χ3n) is 4.32. The molecule has 0 spiro atoms. The maximum absolute atomic E-state index is 12.0. The van der Waals surface area contributed by atoms with Crippen LogP contribution in [0.4, 0.5) is 0 Å². The Morgan fingerprint density at radius 1 is 1.00 bits per heavy atom. The minimum atomic E-state index is -0.307. The van der Waals surface area contributed by atoms with Gasteiger partial charge >= 0.3 is 0 Å². The molecule has 17 heavy (non-hydrogen) atoms. The zero-order chi connectivity index (χ0) is 12.2. The van der Waals surface area contributed by atoms with Gasteiger partial charge in [0.15, 0.2) is 0 Å². The number of fused-ring (bicyclic) bond motifs is 2. The molecule has 0 N–H and O–H groups in total. The van der Waals surface area contributed by atoms with Crippen molar-refractivity contribution in [2.24, 2.45) is 0 Å². The molecule has 2 amide bonds. The van der Waals surface area contributed by atoms with Crippen molar-refractivity contribution in [3.05, 3.63) is 0 Å². The van der Waals surface area contributed by atoms with Crippen LogP contribution in [0.2, 0.25) is 0 Å². The quantitative estimate of drug-likeness (QED) is 0.598. The van der Waals surface area contributed by atoms with Crippen molar-refractivity contribution in [2.75, 3.05) is 7.05 Å². The van der Waals surface area contributed by atoms with Crippen molar-refractivity contribution in [3.8, 4) is 0 Å². The molecule has 0 radical (unpaired) electrons. The number of amides is 2. The zero-order valence-electron chi connectivity index (χ0n) is 9.89. The second kappa shape index (κ2) is 3.63. The number of hydrogen-bond donors (Lipinski definition) is 0. The maximum Gasteiger partial charge on any atom is 0.246 e. The van der Waals surface area contributed by atoms with E-state index in [4.69, 9.17) is 0 Å². The molecule has 2 bridgehead atoms. The summed E-state index contributed by atoms with van der Waals surface area (Å²) in [6, 6.07) is 0.0714. The number of imide groups is 1. The van der Waals surface area contributed by atoms with Gasteiger partial charge in [-0.25, -0.2) is 0 Å².